The quantitative estimate of drug-likeness (QED) is 0.295. The zero-order valence-corrected chi connectivity index (χ0v) is 17.1. The Morgan fingerprint density at radius 2 is 1.77 bits per heavy atom. The zero-order chi connectivity index (χ0) is 20.4. The minimum absolute atomic E-state index is 0. The van der Waals surface area contributed by atoms with Gasteiger partial charge in [-0.05, 0) is 29.3 Å². The fourth-order valence-electron chi connectivity index (χ4n) is 3.16. The van der Waals surface area contributed by atoms with E-state index in [-0.39, 0.29) is 28.9 Å². The molecule has 0 aliphatic rings. The Morgan fingerprint density at radius 1 is 1.07 bits per heavy atom. The van der Waals surface area contributed by atoms with Gasteiger partial charge in [0.25, 0.3) is 5.69 Å². The third kappa shape index (κ3) is 4.15. The third-order valence-electron chi connectivity index (χ3n) is 4.50. The first kappa shape index (κ1) is 21.4. The molecule has 0 amide bonds. The summed E-state index contributed by atoms with van der Waals surface area (Å²) in [5, 5.41) is 21.9. The minimum Gasteiger partial charge on any atom is -0.508 e. The number of aromatic nitrogens is 1. The standard InChI is InChI=1S/C22H15ClN2O4.ClH/c23-17-12-18(25(27)28)20(15-6-8-16(26)9-7-15)22-21(17)19(10-11-24-22)29-13-14-4-2-1-3-5-14;/h1-12,26H,13H2;1H. The fraction of sp³-hybridized carbons (Fsp3) is 0.0455. The Kier molecular flexibility index (Phi) is 6.40. The number of hydrogen-bond acceptors (Lipinski definition) is 5. The van der Waals surface area contributed by atoms with Crippen LogP contribution in [0.4, 0.5) is 5.69 Å². The third-order valence-corrected chi connectivity index (χ3v) is 4.80. The van der Waals surface area contributed by atoms with Gasteiger partial charge in [-0.3, -0.25) is 15.1 Å². The number of fused-ring (bicyclic) bond motifs is 1. The number of phenols is 1. The van der Waals surface area contributed by atoms with Crippen LogP contribution in [0.3, 0.4) is 0 Å². The van der Waals surface area contributed by atoms with Crippen LogP contribution >= 0.6 is 24.0 Å². The van der Waals surface area contributed by atoms with Crippen LogP contribution in [0, 0.1) is 10.1 Å². The number of halogens is 2. The van der Waals surface area contributed by atoms with E-state index >= 15 is 0 Å². The molecular formula is C22H16Cl2N2O4. The van der Waals surface area contributed by atoms with Gasteiger partial charge in [0.15, 0.2) is 0 Å². The molecule has 4 aromatic rings. The SMILES string of the molecule is Cl.O=[N+]([O-])c1cc(Cl)c2c(OCc3ccccc3)ccnc2c1-c1ccc(O)cc1. The van der Waals surface area contributed by atoms with Crippen molar-refractivity contribution in [3.63, 3.8) is 0 Å². The highest BCUT2D eigenvalue weighted by atomic mass is 35.5. The van der Waals surface area contributed by atoms with Gasteiger partial charge in [-0.25, -0.2) is 0 Å². The molecule has 30 heavy (non-hydrogen) atoms. The number of nitro benzene ring substituents is 1. The first-order valence-electron chi connectivity index (χ1n) is 8.76. The summed E-state index contributed by atoms with van der Waals surface area (Å²) in [5.74, 6) is 0.549. The van der Waals surface area contributed by atoms with Gasteiger partial charge in [-0.2, -0.15) is 0 Å². The lowest BCUT2D eigenvalue weighted by atomic mass is 9.99. The molecule has 0 bridgehead atoms. The van der Waals surface area contributed by atoms with Gasteiger partial charge in [0.05, 0.1) is 26.4 Å². The number of ether oxygens (including phenoxy) is 1. The molecule has 0 radical (unpaired) electrons. The predicted molar refractivity (Wildman–Crippen MR) is 119 cm³/mol. The molecular weight excluding hydrogens is 427 g/mol. The van der Waals surface area contributed by atoms with Crippen molar-refractivity contribution < 1.29 is 14.8 Å². The number of benzene rings is 3. The lowest BCUT2D eigenvalue weighted by Crippen LogP contribution is -1.99. The van der Waals surface area contributed by atoms with Crippen molar-refractivity contribution in [1.82, 2.24) is 4.98 Å². The van der Waals surface area contributed by atoms with Gasteiger partial charge in [-0.1, -0.05) is 54.1 Å². The van der Waals surface area contributed by atoms with Gasteiger partial charge in [0, 0.05) is 12.3 Å². The van der Waals surface area contributed by atoms with Crippen LogP contribution < -0.4 is 4.74 Å². The van der Waals surface area contributed by atoms with Crippen molar-refractivity contribution >= 4 is 40.6 Å². The van der Waals surface area contributed by atoms with Crippen LogP contribution in [0.5, 0.6) is 11.5 Å². The molecule has 8 heteroatoms. The molecule has 0 aliphatic heterocycles. The first-order chi connectivity index (χ1) is 14.0. The summed E-state index contributed by atoms with van der Waals surface area (Å²) in [4.78, 5) is 15.6. The van der Waals surface area contributed by atoms with Gasteiger partial charge in [0.1, 0.15) is 18.1 Å². The average molecular weight is 443 g/mol. The van der Waals surface area contributed by atoms with Gasteiger partial charge >= 0.3 is 0 Å². The highest BCUT2D eigenvalue weighted by molar-refractivity contribution is 6.37. The van der Waals surface area contributed by atoms with Crippen molar-refractivity contribution in [2.75, 3.05) is 0 Å². The zero-order valence-electron chi connectivity index (χ0n) is 15.5. The maximum atomic E-state index is 11.7. The molecule has 0 unspecified atom stereocenters. The summed E-state index contributed by atoms with van der Waals surface area (Å²) in [6.45, 7) is 0.321. The number of nitrogens with zero attached hydrogens (tertiary/aromatic N) is 2. The Labute approximate surface area is 183 Å². The molecule has 0 saturated heterocycles. The van der Waals surface area contributed by atoms with Gasteiger partial charge in [-0.15, -0.1) is 12.4 Å². The fourth-order valence-corrected chi connectivity index (χ4v) is 3.45. The Balaban J connectivity index is 0.00000256. The molecule has 3 aromatic carbocycles. The second kappa shape index (κ2) is 8.98. The summed E-state index contributed by atoms with van der Waals surface area (Å²) in [7, 11) is 0. The van der Waals surface area contributed by atoms with Crippen LogP contribution in [0.1, 0.15) is 5.56 Å². The number of phenolic OH excluding ortho intramolecular Hbond substituents is 1. The highest BCUT2D eigenvalue weighted by Gasteiger charge is 2.24. The first-order valence-corrected chi connectivity index (χ1v) is 9.14. The molecule has 0 spiro atoms. The molecule has 1 N–H and O–H groups in total. The van der Waals surface area contributed by atoms with E-state index in [4.69, 9.17) is 16.3 Å². The van der Waals surface area contributed by atoms with Crippen molar-refractivity contribution in [1.29, 1.82) is 0 Å². The van der Waals surface area contributed by atoms with Crippen LogP contribution in [-0.2, 0) is 6.61 Å². The van der Waals surface area contributed by atoms with Crippen molar-refractivity contribution in [3.8, 4) is 22.6 Å². The van der Waals surface area contributed by atoms with E-state index in [9.17, 15) is 15.2 Å². The molecule has 0 saturated carbocycles. The van der Waals surface area contributed by atoms with E-state index in [1.54, 1.807) is 18.2 Å². The second-order valence-corrected chi connectivity index (χ2v) is 6.77. The van der Waals surface area contributed by atoms with Crippen LogP contribution in [-0.4, -0.2) is 15.0 Å². The van der Waals surface area contributed by atoms with E-state index in [2.05, 4.69) is 4.98 Å². The highest BCUT2D eigenvalue weighted by Crippen LogP contribution is 2.43. The molecule has 4 rings (SSSR count). The number of hydrogen-bond donors (Lipinski definition) is 1. The normalized spacial score (nSPS) is 10.4. The summed E-state index contributed by atoms with van der Waals surface area (Å²) in [5.41, 5.74) is 2.04. The van der Waals surface area contributed by atoms with E-state index in [1.807, 2.05) is 30.3 Å². The molecule has 0 aliphatic carbocycles. The number of aromatic hydroxyl groups is 1. The van der Waals surface area contributed by atoms with Crippen LogP contribution in [0.15, 0.2) is 72.9 Å². The number of nitro groups is 1. The monoisotopic (exact) mass is 442 g/mol. The van der Waals surface area contributed by atoms with Crippen LogP contribution in [0.25, 0.3) is 22.0 Å². The largest absolute Gasteiger partial charge is 0.508 e. The molecule has 0 atom stereocenters. The Hall–Kier alpha value is -3.35. The van der Waals surface area contributed by atoms with Crippen molar-refractivity contribution in [3.05, 3.63) is 93.6 Å². The molecule has 0 fully saturated rings. The lowest BCUT2D eigenvalue weighted by Gasteiger charge is -2.13. The van der Waals surface area contributed by atoms with Gasteiger partial charge < -0.3 is 9.84 Å². The molecule has 1 heterocycles. The topological polar surface area (TPSA) is 85.5 Å². The summed E-state index contributed by atoms with van der Waals surface area (Å²) >= 11 is 6.41. The van der Waals surface area contributed by atoms with Crippen molar-refractivity contribution in [2.45, 2.75) is 6.61 Å². The Morgan fingerprint density at radius 3 is 2.43 bits per heavy atom. The van der Waals surface area contributed by atoms with E-state index in [0.717, 1.165) is 5.56 Å². The van der Waals surface area contributed by atoms with Gasteiger partial charge in [0.2, 0.25) is 0 Å². The van der Waals surface area contributed by atoms with Crippen molar-refractivity contribution in [2.24, 2.45) is 0 Å². The van der Waals surface area contributed by atoms with E-state index in [1.165, 1.54) is 24.4 Å². The molecule has 1 aromatic heterocycles. The summed E-state index contributed by atoms with van der Waals surface area (Å²) < 4.78 is 5.96. The second-order valence-electron chi connectivity index (χ2n) is 6.36. The maximum absolute atomic E-state index is 11.7. The smallest absolute Gasteiger partial charge is 0.280 e. The lowest BCUT2D eigenvalue weighted by molar-refractivity contribution is -0.384. The van der Waals surface area contributed by atoms with E-state index < -0.39 is 4.92 Å². The number of pyridine rings is 1. The average Bonchev–Trinajstić information content (AvgIpc) is 2.73. The molecule has 6 nitrogen and oxygen atoms in total. The number of rotatable bonds is 5. The minimum atomic E-state index is -0.493. The van der Waals surface area contributed by atoms with E-state index in [0.29, 0.717) is 34.4 Å². The predicted octanol–water partition coefficient (Wildman–Crippen LogP) is 6.17. The summed E-state index contributed by atoms with van der Waals surface area (Å²) in [6, 6.07) is 18.8. The van der Waals surface area contributed by atoms with Crippen LogP contribution in [0.2, 0.25) is 5.02 Å². The summed E-state index contributed by atoms with van der Waals surface area (Å²) in [6.07, 6.45) is 1.53. The maximum Gasteiger partial charge on any atom is 0.280 e. The molecule has 152 valence electrons. The Bertz CT molecular complexity index is 1200.